The number of benzene rings is 2. The number of carbonyl (C=O) groups excluding carboxylic acids is 6. The van der Waals surface area contributed by atoms with Crippen LogP contribution in [0.4, 0.5) is 5.69 Å². The standard InChI is InChI=1S/C10H13NOS.C10H12OS.C7H16N2.C7H15NOS.C6H14N2O.C5H11NOS.C5H10OS.3CH4.3H2/c1-7(2)13-10(12)8-4-3-5-9(11)6-8;1-8(2)12-10(11)9-6-4-3-5-7-9;1-7(2)9-5-3-8-4-6-9;1-5(2)10-7(9)6(3)4-8;1-5(2)8-6(9)3-4-7;1-4(2)8-5(7)3-6;1-4(2)7-5(3)6;;;;;;/h3-7H,11H2,1-2H3;3-8H,1-2H3;7-8H,3-6H2,1-2H3;5-6H,4,8H2,1-3H3;5H,3-4,7H2,1-2H3,(H,8,9);4H,3,6H2,1-2H3;4H,1-3H3;3*1H4;3*1H/i;;;;;;;;;;3*1+2T. The lowest BCUT2D eigenvalue weighted by molar-refractivity contribution is -0.121. The van der Waals surface area contributed by atoms with Gasteiger partial charge in [0.2, 0.25) is 21.3 Å². The lowest BCUT2D eigenvalue weighted by atomic mass is 10.2. The van der Waals surface area contributed by atoms with Crippen molar-refractivity contribution in [2.24, 2.45) is 23.1 Å². The molecule has 1 heterocycles. The fourth-order valence-electron chi connectivity index (χ4n) is 4.62. The van der Waals surface area contributed by atoms with E-state index in [-0.39, 0.29) is 72.3 Å². The molecule has 1 unspecified atom stereocenters. The van der Waals surface area contributed by atoms with Gasteiger partial charge in [-0.2, -0.15) is 0 Å². The Labute approximate surface area is 465 Å². The largest absolute Gasteiger partial charge is 0.399 e. The maximum Gasteiger partial charge on any atom is 0.221 e. The zero-order valence-electron chi connectivity index (χ0n) is 50.2. The van der Waals surface area contributed by atoms with Crippen molar-refractivity contribution in [3.05, 3.63) is 65.7 Å². The Morgan fingerprint density at radius 2 is 1.07 bits per heavy atom. The first-order valence-corrected chi connectivity index (χ1v) is 27.8. The van der Waals surface area contributed by atoms with Crippen LogP contribution in [0.25, 0.3) is 0 Å². The smallest absolute Gasteiger partial charge is 0.221 e. The maximum absolute atomic E-state index is 11.5. The van der Waals surface area contributed by atoms with Crippen molar-refractivity contribution in [3.63, 3.8) is 0 Å². The number of carbonyl (C=O) groups is 6. The van der Waals surface area contributed by atoms with Crippen LogP contribution in [-0.2, 0) is 19.2 Å². The van der Waals surface area contributed by atoms with Crippen LogP contribution >= 0.6 is 58.8 Å². The normalized spacial score (nSPS) is 12.1. The minimum absolute atomic E-state index is 0. The van der Waals surface area contributed by atoms with Gasteiger partial charge in [0.1, 0.15) is 0 Å². The molecule has 1 saturated heterocycles. The van der Waals surface area contributed by atoms with Gasteiger partial charge in [0, 0.05) is 123 Å². The number of nitrogens with zero attached hydrogens (tertiary/aromatic N) is 1. The van der Waals surface area contributed by atoms with Crippen LogP contribution in [0.1, 0.15) is 169 Å². The quantitative estimate of drug-likeness (QED) is 0.0965. The summed E-state index contributed by atoms with van der Waals surface area (Å²) in [5, 5.41) is 8.63. The van der Waals surface area contributed by atoms with Crippen molar-refractivity contribution in [3.8, 4) is 0 Å². The topological polar surface area (TPSA) is 234 Å². The lowest BCUT2D eigenvalue weighted by Gasteiger charge is -2.30. The fraction of sp³-hybridized carbons (Fsp3) is 0.660. The van der Waals surface area contributed by atoms with E-state index in [1.807, 2.05) is 120 Å². The summed E-state index contributed by atoms with van der Waals surface area (Å²) in [4.78, 5) is 67.8. The van der Waals surface area contributed by atoms with E-state index in [0.717, 1.165) is 24.7 Å². The molecule has 0 aliphatic carbocycles. The van der Waals surface area contributed by atoms with Crippen molar-refractivity contribution < 1.29 is 37.7 Å². The molecule has 1 aliphatic heterocycles. The zero-order valence-corrected chi connectivity index (χ0v) is 48.3. The van der Waals surface area contributed by atoms with Gasteiger partial charge in [-0.3, -0.25) is 33.7 Å². The maximum atomic E-state index is 11.5. The van der Waals surface area contributed by atoms with Gasteiger partial charge in [0.25, 0.3) is 0 Å². The Kier molecular flexibility index (Phi) is 55.5. The molecule has 2 aromatic rings. The number of anilines is 1. The van der Waals surface area contributed by atoms with E-state index in [1.54, 1.807) is 31.2 Å². The van der Waals surface area contributed by atoms with Gasteiger partial charge < -0.3 is 33.6 Å². The van der Waals surface area contributed by atoms with E-state index < -0.39 is 0 Å². The third-order valence-electron chi connectivity index (χ3n) is 7.56. The molecule has 13 nitrogen and oxygen atoms in total. The molecule has 1 amide bonds. The highest BCUT2D eigenvalue weighted by Crippen LogP contribution is 2.19. The van der Waals surface area contributed by atoms with Crippen LogP contribution in [0.2, 0.25) is 0 Å². The monoisotopic (exact) mass is 1110 g/mol. The third kappa shape index (κ3) is 58.4. The van der Waals surface area contributed by atoms with Gasteiger partial charge in [-0.15, -0.1) is 0 Å². The van der Waals surface area contributed by atoms with Gasteiger partial charge >= 0.3 is 0 Å². The van der Waals surface area contributed by atoms with E-state index in [4.69, 9.17) is 31.8 Å². The summed E-state index contributed by atoms with van der Waals surface area (Å²) in [5.41, 5.74) is 23.2. The highest BCUT2D eigenvalue weighted by atomic mass is 32.2. The molecule has 0 aromatic heterocycles. The van der Waals surface area contributed by atoms with E-state index in [2.05, 4.69) is 29.4 Å². The second-order valence-electron chi connectivity index (χ2n) is 17.1. The predicted molar refractivity (Wildman–Crippen MR) is 331 cm³/mol. The van der Waals surface area contributed by atoms with Crippen LogP contribution in [0.5, 0.6) is 0 Å². The van der Waals surface area contributed by atoms with Gasteiger partial charge in [-0.25, -0.2) is 0 Å². The number of nitrogens with one attached hydrogen (secondary N) is 2. The molecule has 3 rings (SSSR count). The second-order valence-corrected chi connectivity index (χ2v) is 25.1. The second kappa shape index (κ2) is 52.5. The molecule has 1 atom stereocenters. The third-order valence-corrected chi connectivity index (χ3v) is 12.2. The number of amides is 1. The molecular formula is C53H109N7O6S5. The Morgan fingerprint density at radius 3 is 1.38 bits per heavy atom. The molecule has 1 aliphatic rings. The van der Waals surface area contributed by atoms with Gasteiger partial charge in [-0.05, 0) is 39.8 Å². The minimum Gasteiger partial charge on any atom is -0.399 e. The molecule has 10 N–H and O–H groups in total. The number of nitrogen functional groups attached to an aromatic ring is 1. The van der Waals surface area contributed by atoms with E-state index in [1.165, 1.54) is 71.9 Å². The Balaban J connectivity index is -0.0000000837. The van der Waals surface area contributed by atoms with E-state index in [0.29, 0.717) is 57.0 Å². The summed E-state index contributed by atoms with van der Waals surface area (Å²) in [6.45, 7) is 37.6. The molecule has 0 bridgehead atoms. The average molecular weight is 1110 g/mol. The Morgan fingerprint density at radius 1 is 0.634 bits per heavy atom. The van der Waals surface area contributed by atoms with Crippen LogP contribution in [0.15, 0.2) is 54.6 Å². The number of thioether (sulfide) groups is 5. The molecule has 2 aromatic carbocycles. The summed E-state index contributed by atoms with van der Waals surface area (Å²) >= 11 is 6.72. The molecular weight excluding hydrogens is 991 g/mol. The molecule has 18 heteroatoms. The van der Waals surface area contributed by atoms with Crippen LogP contribution in [-0.4, -0.2) is 121 Å². The molecule has 0 saturated carbocycles. The number of piperazine rings is 1. The van der Waals surface area contributed by atoms with Crippen LogP contribution in [0.3, 0.4) is 0 Å². The zero-order chi connectivity index (χ0) is 59.4. The summed E-state index contributed by atoms with van der Waals surface area (Å²) in [7, 11) is 0. The molecule has 71 heavy (non-hydrogen) atoms. The van der Waals surface area contributed by atoms with Crippen molar-refractivity contribution in [2.75, 3.05) is 51.5 Å². The van der Waals surface area contributed by atoms with E-state index in [9.17, 15) is 28.8 Å². The van der Waals surface area contributed by atoms with Crippen molar-refractivity contribution in [1.29, 1.82) is 0 Å². The predicted octanol–water partition coefficient (Wildman–Crippen LogP) is 11.9. The minimum atomic E-state index is 0. The number of hydrogen-bond acceptors (Lipinski definition) is 17. The Hall–Kier alpha value is -2.39. The lowest BCUT2D eigenvalue weighted by Crippen LogP contribution is -2.46. The molecule has 1 fully saturated rings. The summed E-state index contributed by atoms with van der Waals surface area (Å²) in [6.07, 6.45) is 0.429. The molecule has 0 spiro atoms. The molecule has 0 radical (unpaired) electrons. The van der Waals surface area contributed by atoms with Gasteiger partial charge in [0.15, 0.2) is 10.2 Å². The Bertz CT molecular complexity index is 1660. The van der Waals surface area contributed by atoms with Crippen LogP contribution < -0.4 is 33.6 Å². The SMILES string of the molecule is C.C.C.CC(=O)SC(C)C.CC(C)N1CCNCC1.CC(C)NC(=O)CCN.CC(C)SC(=O)C(C)CN.CC(C)SC(=O)CN.CC(C)SC(=O)c1cccc(N)c1.CC(C)SC(=O)c1ccccc1.[3H][3H].[3H][3H].[3H][3H]. The van der Waals surface area contributed by atoms with Crippen molar-refractivity contribution in [1.82, 2.24) is 15.5 Å². The van der Waals surface area contributed by atoms with Crippen LogP contribution in [0, 0.1) is 5.92 Å². The summed E-state index contributed by atoms with van der Waals surface area (Å²) < 4.78 is 30.0. The molecule has 422 valence electrons. The first-order chi connectivity index (χ1) is 34.6. The van der Waals surface area contributed by atoms with E-state index >= 15 is 0 Å². The number of hydrogen-bond donors (Lipinski definition) is 6. The number of nitrogens with two attached hydrogens (primary N) is 4. The fourth-order valence-corrected chi connectivity index (χ4v) is 8.09. The number of rotatable bonds is 14. The summed E-state index contributed by atoms with van der Waals surface area (Å²) in [6, 6.07) is 17.4. The van der Waals surface area contributed by atoms with Crippen molar-refractivity contribution in [2.45, 2.75) is 178 Å². The highest BCUT2D eigenvalue weighted by molar-refractivity contribution is 8.15. The first kappa shape index (κ1) is 75.1. The summed E-state index contributed by atoms with van der Waals surface area (Å²) in [5.74, 6) is 0.0416. The first-order valence-electron chi connectivity index (χ1n) is 26.4. The average Bonchev–Trinajstić information content (AvgIpc) is 3.33. The van der Waals surface area contributed by atoms with Crippen molar-refractivity contribution >= 4 is 96.0 Å². The van der Waals surface area contributed by atoms with Gasteiger partial charge in [0.05, 0.1) is 6.54 Å². The highest BCUT2D eigenvalue weighted by Gasteiger charge is 2.13. The van der Waals surface area contributed by atoms with Gasteiger partial charge in [-0.1, -0.05) is 200 Å².